The van der Waals surface area contributed by atoms with Crippen LogP contribution in [-0.2, 0) is 6.54 Å². The van der Waals surface area contributed by atoms with Crippen LogP contribution in [0.1, 0.15) is 33.5 Å². The van der Waals surface area contributed by atoms with Gasteiger partial charge in [0, 0.05) is 49.4 Å². The van der Waals surface area contributed by atoms with Crippen LogP contribution in [0.4, 0.5) is 0 Å². The normalized spacial score (nSPS) is 14.6. The minimum Gasteiger partial charge on any atom is -0.416 e. The molecule has 6 nitrogen and oxygen atoms in total. The lowest BCUT2D eigenvalue weighted by Crippen LogP contribution is -2.35. The van der Waals surface area contributed by atoms with Crippen LogP contribution in [0.15, 0.2) is 77.2 Å². The van der Waals surface area contributed by atoms with Crippen LogP contribution < -0.4 is 0 Å². The highest BCUT2D eigenvalue weighted by Crippen LogP contribution is 2.26. The Kier molecular flexibility index (Phi) is 6.73. The lowest BCUT2D eigenvalue weighted by atomic mass is 10.1. The first-order valence-corrected chi connectivity index (χ1v) is 12.1. The van der Waals surface area contributed by atoms with Gasteiger partial charge in [0.1, 0.15) is 0 Å². The third-order valence-electron chi connectivity index (χ3n) is 6.71. The van der Waals surface area contributed by atoms with E-state index in [9.17, 15) is 4.79 Å². The highest BCUT2D eigenvalue weighted by Gasteiger charge is 2.21. The van der Waals surface area contributed by atoms with E-state index in [1.165, 1.54) is 11.1 Å². The molecule has 178 valence electrons. The first kappa shape index (κ1) is 23.0. The maximum Gasteiger partial charge on any atom is 0.253 e. The highest BCUT2D eigenvalue weighted by atomic mass is 16.4. The van der Waals surface area contributed by atoms with Crippen molar-refractivity contribution in [3.63, 3.8) is 0 Å². The molecule has 0 unspecified atom stereocenters. The Bertz CT molecular complexity index is 1310. The molecule has 1 fully saturated rings. The standard InChI is InChI=1S/C29H30N4O2/c1-21-8-3-5-10-25(21)20-32-16-7-17-33(19-18-32)29(34)24-14-12-23(13-15-24)27-30-31-28(35-27)26-11-6-4-9-22(26)2/h3-6,8-15H,7,16-20H2,1-2H3. The summed E-state index contributed by atoms with van der Waals surface area (Å²) in [5, 5.41) is 8.42. The molecule has 0 aliphatic carbocycles. The van der Waals surface area contributed by atoms with E-state index in [4.69, 9.17) is 4.42 Å². The molecular formula is C29H30N4O2. The van der Waals surface area contributed by atoms with Gasteiger partial charge < -0.3 is 9.32 Å². The molecule has 0 atom stereocenters. The monoisotopic (exact) mass is 466 g/mol. The number of hydrogen-bond acceptors (Lipinski definition) is 5. The van der Waals surface area contributed by atoms with E-state index < -0.39 is 0 Å². The van der Waals surface area contributed by atoms with Crippen LogP contribution >= 0.6 is 0 Å². The van der Waals surface area contributed by atoms with Crippen LogP contribution in [0, 0.1) is 13.8 Å². The van der Waals surface area contributed by atoms with Gasteiger partial charge in [0.2, 0.25) is 11.8 Å². The minimum atomic E-state index is 0.0698. The first-order chi connectivity index (χ1) is 17.1. The Hall–Kier alpha value is -3.77. The van der Waals surface area contributed by atoms with E-state index in [0.29, 0.717) is 17.3 Å². The number of hydrogen-bond donors (Lipinski definition) is 0. The second-order valence-electron chi connectivity index (χ2n) is 9.15. The highest BCUT2D eigenvalue weighted by molar-refractivity contribution is 5.94. The SMILES string of the molecule is Cc1ccccc1CN1CCCN(C(=O)c2ccc(-c3nnc(-c4ccccc4C)o3)cc2)CC1. The van der Waals surface area contributed by atoms with Crippen LogP contribution in [0.5, 0.6) is 0 Å². The number of rotatable bonds is 5. The minimum absolute atomic E-state index is 0.0698. The fraction of sp³-hybridized carbons (Fsp3) is 0.276. The van der Waals surface area contributed by atoms with E-state index in [1.54, 1.807) is 0 Å². The summed E-state index contributed by atoms with van der Waals surface area (Å²) < 4.78 is 5.92. The summed E-state index contributed by atoms with van der Waals surface area (Å²) in [6.45, 7) is 8.48. The molecule has 5 rings (SSSR count). The van der Waals surface area contributed by atoms with Crippen molar-refractivity contribution in [2.24, 2.45) is 0 Å². The molecule has 1 amide bonds. The van der Waals surface area contributed by atoms with E-state index in [1.807, 2.05) is 60.4 Å². The smallest absolute Gasteiger partial charge is 0.253 e. The third-order valence-corrected chi connectivity index (χ3v) is 6.71. The average molecular weight is 467 g/mol. The second kappa shape index (κ2) is 10.2. The molecule has 0 spiro atoms. The molecule has 1 aliphatic rings. The molecule has 0 radical (unpaired) electrons. The van der Waals surface area contributed by atoms with E-state index in [0.717, 1.165) is 55.8 Å². The average Bonchev–Trinajstić information content (AvgIpc) is 3.25. The van der Waals surface area contributed by atoms with Crippen LogP contribution in [0.25, 0.3) is 22.9 Å². The molecule has 6 heteroatoms. The summed E-state index contributed by atoms with van der Waals surface area (Å²) in [5.74, 6) is 1.02. The van der Waals surface area contributed by atoms with Crippen LogP contribution in [-0.4, -0.2) is 52.1 Å². The van der Waals surface area contributed by atoms with Crippen molar-refractivity contribution in [3.05, 3.63) is 95.1 Å². The van der Waals surface area contributed by atoms with Crippen molar-refractivity contribution in [2.45, 2.75) is 26.8 Å². The van der Waals surface area contributed by atoms with Crippen molar-refractivity contribution in [1.82, 2.24) is 20.0 Å². The molecule has 0 bridgehead atoms. The van der Waals surface area contributed by atoms with Crippen LogP contribution in [0.3, 0.4) is 0 Å². The van der Waals surface area contributed by atoms with Crippen molar-refractivity contribution in [1.29, 1.82) is 0 Å². The van der Waals surface area contributed by atoms with Gasteiger partial charge in [-0.2, -0.15) is 0 Å². The Balaban J connectivity index is 1.23. The topological polar surface area (TPSA) is 62.5 Å². The lowest BCUT2D eigenvalue weighted by molar-refractivity contribution is 0.0761. The molecule has 3 aromatic carbocycles. The Morgan fingerprint density at radius 2 is 1.51 bits per heavy atom. The number of carbonyl (C=O) groups is 1. The second-order valence-corrected chi connectivity index (χ2v) is 9.15. The molecule has 1 saturated heterocycles. The fourth-order valence-electron chi connectivity index (χ4n) is 4.56. The molecular weight excluding hydrogens is 436 g/mol. The van der Waals surface area contributed by atoms with Gasteiger partial charge in [-0.3, -0.25) is 9.69 Å². The van der Waals surface area contributed by atoms with Crippen molar-refractivity contribution < 1.29 is 9.21 Å². The van der Waals surface area contributed by atoms with Gasteiger partial charge in [0.05, 0.1) is 0 Å². The quantitative estimate of drug-likeness (QED) is 0.396. The number of benzene rings is 3. The third kappa shape index (κ3) is 5.17. The van der Waals surface area contributed by atoms with Crippen molar-refractivity contribution >= 4 is 5.91 Å². The van der Waals surface area contributed by atoms with E-state index in [-0.39, 0.29) is 5.91 Å². The molecule has 0 N–H and O–H groups in total. The Morgan fingerprint density at radius 3 is 2.29 bits per heavy atom. The molecule has 35 heavy (non-hydrogen) atoms. The van der Waals surface area contributed by atoms with Crippen molar-refractivity contribution in [3.8, 4) is 22.9 Å². The zero-order valence-corrected chi connectivity index (χ0v) is 20.3. The van der Waals surface area contributed by atoms with Gasteiger partial charge in [-0.15, -0.1) is 10.2 Å². The number of carbonyl (C=O) groups excluding carboxylic acids is 1. The maximum absolute atomic E-state index is 13.2. The van der Waals surface area contributed by atoms with Gasteiger partial charge in [0.25, 0.3) is 5.91 Å². The summed E-state index contributed by atoms with van der Waals surface area (Å²) in [4.78, 5) is 17.6. The van der Waals surface area contributed by atoms with Crippen LogP contribution in [0.2, 0.25) is 0 Å². The largest absolute Gasteiger partial charge is 0.416 e. The van der Waals surface area contributed by atoms with Gasteiger partial charge in [-0.25, -0.2) is 0 Å². The van der Waals surface area contributed by atoms with Gasteiger partial charge >= 0.3 is 0 Å². The zero-order valence-electron chi connectivity index (χ0n) is 20.3. The maximum atomic E-state index is 13.2. The number of amides is 1. The number of aryl methyl sites for hydroxylation is 2. The predicted molar refractivity (Wildman–Crippen MR) is 137 cm³/mol. The molecule has 1 aromatic heterocycles. The predicted octanol–water partition coefficient (Wildman–Crippen LogP) is 5.37. The van der Waals surface area contributed by atoms with Gasteiger partial charge in [0.15, 0.2) is 0 Å². The number of aromatic nitrogens is 2. The summed E-state index contributed by atoms with van der Waals surface area (Å²) in [7, 11) is 0. The number of nitrogens with zero attached hydrogens (tertiary/aromatic N) is 4. The summed E-state index contributed by atoms with van der Waals surface area (Å²) >= 11 is 0. The molecule has 1 aliphatic heterocycles. The van der Waals surface area contributed by atoms with E-state index >= 15 is 0 Å². The summed E-state index contributed by atoms with van der Waals surface area (Å²) in [6, 6.07) is 23.9. The summed E-state index contributed by atoms with van der Waals surface area (Å²) in [5.41, 5.74) is 6.16. The van der Waals surface area contributed by atoms with Crippen molar-refractivity contribution in [2.75, 3.05) is 26.2 Å². The summed E-state index contributed by atoms with van der Waals surface area (Å²) in [6.07, 6.45) is 0.972. The van der Waals surface area contributed by atoms with Gasteiger partial charge in [-0.05, 0) is 67.3 Å². The fourth-order valence-corrected chi connectivity index (χ4v) is 4.56. The Morgan fingerprint density at radius 1 is 0.800 bits per heavy atom. The lowest BCUT2D eigenvalue weighted by Gasteiger charge is -2.22. The molecule has 2 heterocycles. The van der Waals surface area contributed by atoms with Gasteiger partial charge in [-0.1, -0.05) is 42.5 Å². The molecule has 4 aromatic rings. The Labute approximate surface area is 206 Å². The zero-order chi connectivity index (χ0) is 24.2. The van der Waals surface area contributed by atoms with E-state index in [2.05, 4.69) is 46.3 Å². The first-order valence-electron chi connectivity index (χ1n) is 12.1. The molecule has 0 saturated carbocycles.